The van der Waals surface area contributed by atoms with Crippen LogP contribution in [-0.4, -0.2) is 16.8 Å². The first-order chi connectivity index (χ1) is 12.1. The highest BCUT2D eigenvalue weighted by Gasteiger charge is 2.11. The zero-order valence-electron chi connectivity index (χ0n) is 13.0. The molecule has 1 aromatic carbocycles. The number of thiazole rings is 1. The van der Waals surface area contributed by atoms with E-state index in [-0.39, 0.29) is 18.2 Å². The molecule has 0 aliphatic carbocycles. The third-order valence-electron chi connectivity index (χ3n) is 3.24. The van der Waals surface area contributed by atoms with Crippen LogP contribution in [0.3, 0.4) is 0 Å². The Morgan fingerprint density at radius 3 is 2.80 bits per heavy atom. The molecule has 2 aromatic heterocycles. The number of anilines is 1. The number of thiophene rings is 1. The molecule has 0 spiro atoms. The summed E-state index contributed by atoms with van der Waals surface area (Å²) in [5, 5.41) is 10.3. The number of halogens is 1. The van der Waals surface area contributed by atoms with E-state index in [4.69, 9.17) is 11.6 Å². The lowest BCUT2D eigenvalue weighted by atomic mass is 10.2. The smallest absolute Gasteiger partial charge is 0.267 e. The number of carbonyl (C=O) groups is 2. The second-order valence-corrected chi connectivity index (χ2v) is 7.40. The average Bonchev–Trinajstić information content (AvgIpc) is 3.25. The molecule has 0 saturated heterocycles. The van der Waals surface area contributed by atoms with Gasteiger partial charge in [0.25, 0.3) is 5.91 Å². The van der Waals surface area contributed by atoms with E-state index in [0.717, 1.165) is 5.56 Å². The molecule has 0 saturated carbocycles. The van der Waals surface area contributed by atoms with Gasteiger partial charge < -0.3 is 5.32 Å². The third kappa shape index (κ3) is 5.12. The predicted molar refractivity (Wildman–Crippen MR) is 101 cm³/mol. The Hall–Kier alpha value is -2.22. The summed E-state index contributed by atoms with van der Waals surface area (Å²) in [6.45, 7) is 0.408. The molecule has 0 aliphatic rings. The van der Waals surface area contributed by atoms with E-state index < -0.39 is 0 Å². The number of carbonyl (C=O) groups excluding carboxylic acids is 2. The van der Waals surface area contributed by atoms with Crippen molar-refractivity contribution in [2.24, 2.45) is 0 Å². The van der Waals surface area contributed by atoms with Crippen LogP contribution in [0.25, 0.3) is 0 Å². The number of hydrogen-bond acceptors (Lipinski definition) is 5. The molecule has 3 rings (SSSR count). The van der Waals surface area contributed by atoms with Crippen molar-refractivity contribution in [3.63, 3.8) is 0 Å². The molecule has 2 heterocycles. The van der Waals surface area contributed by atoms with Crippen molar-refractivity contribution in [2.45, 2.75) is 13.0 Å². The molecule has 8 heteroatoms. The van der Waals surface area contributed by atoms with E-state index >= 15 is 0 Å². The van der Waals surface area contributed by atoms with E-state index in [1.807, 2.05) is 29.6 Å². The van der Waals surface area contributed by atoms with E-state index in [0.29, 0.717) is 27.3 Å². The van der Waals surface area contributed by atoms with Gasteiger partial charge in [-0.2, -0.15) is 0 Å². The van der Waals surface area contributed by atoms with Crippen LogP contribution in [0.4, 0.5) is 5.13 Å². The Morgan fingerprint density at radius 1 is 1.16 bits per heavy atom. The van der Waals surface area contributed by atoms with Gasteiger partial charge in [-0.05, 0) is 29.1 Å². The van der Waals surface area contributed by atoms with Crippen molar-refractivity contribution in [3.05, 3.63) is 68.3 Å². The SMILES string of the molecule is O=C(Cc1csc(NC(=O)c2cccs2)n1)NCc1cccc(Cl)c1. The maximum Gasteiger partial charge on any atom is 0.267 e. The molecule has 25 heavy (non-hydrogen) atoms. The fourth-order valence-electron chi connectivity index (χ4n) is 2.09. The monoisotopic (exact) mass is 391 g/mol. The summed E-state index contributed by atoms with van der Waals surface area (Å²) in [5.74, 6) is -0.331. The number of nitrogens with zero attached hydrogens (tertiary/aromatic N) is 1. The lowest BCUT2D eigenvalue weighted by molar-refractivity contribution is -0.120. The van der Waals surface area contributed by atoms with Crippen LogP contribution in [0.15, 0.2) is 47.2 Å². The number of amides is 2. The maximum absolute atomic E-state index is 12.0. The van der Waals surface area contributed by atoms with Gasteiger partial charge in [-0.3, -0.25) is 14.9 Å². The molecule has 0 radical (unpaired) electrons. The van der Waals surface area contributed by atoms with Crippen molar-refractivity contribution in [1.82, 2.24) is 10.3 Å². The van der Waals surface area contributed by atoms with Crippen LogP contribution < -0.4 is 10.6 Å². The Morgan fingerprint density at radius 2 is 2.04 bits per heavy atom. The lowest BCUT2D eigenvalue weighted by Gasteiger charge is -2.04. The fraction of sp³-hybridized carbons (Fsp3) is 0.118. The van der Waals surface area contributed by atoms with Crippen LogP contribution in [0.5, 0.6) is 0 Å². The molecule has 5 nitrogen and oxygen atoms in total. The van der Waals surface area contributed by atoms with Gasteiger partial charge in [-0.1, -0.05) is 29.8 Å². The number of aromatic nitrogens is 1. The highest BCUT2D eigenvalue weighted by molar-refractivity contribution is 7.14. The highest BCUT2D eigenvalue weighted by atomic mass is 35.5. The first-order valence-corrected chi connectivity index (χ1v) is 9.54. The van der Waals surface area contributed by atoms with Crippen LogP contribution >= 0.6 is 34.3 Å². The summed E-state index contributed by atoms with van der Waals surface area (Å²) in [4.78, 5) is 28.9. The normalized spacial score (nSPS) is 10.4. The minimum absolute atomic E-state index is 0.138. The van der Waals surface area contributed by atoms with Crippen LogP contribution in [0.1, 0.15) is 20.9 Å². The van der Waals surface area contributed by atoms with Crippen molar-refractivity contribution in [2.75, 3.05) is 5.32 Å². The molecule has 0 fully saturated rings. The van der Waals surface area contributed by atoms with E-state index in [1.165, 1.54) is 22.7 Å². The van der Waals surface area contributed by atoms with Gasteiger partial charge >= 0.3 is 0 Å². The highest BCUT2D eigenvalue weighted by Crippen LogP contribution is 2.18. The summed E-state index contributed by atoms with van der Waals surface area (Å²) in [6, 6.07) is 10.9. The fourth-order valence-corrected chi connectivity index (χ4v) is 3.62. The van der Waals surface area contributed by atoms with Gasteiger partial charge in [0, 0.05) is 16.9 Å². The minimum atomic E-state index is -0.193. The van der Waals surface area contributed by atoms with E-state index in [9.17, 15) is 9.59 Å². The van der Waals surface area contributed by atoms with Crippen molar-refractivity contribution in [3.8, 4) is 0 Å². The van der Waals surface area contributed by atoms with Gasteiger partial charge in [-0.15, -0.1) is 22.7 Å². The van der Waals surface area contributed by atoms with Gasteiger partial charge in [0.2, 0.25) is 5.91 Å². The van der Waals surface area contributed by atoms with Gasteiger partial charge in [0.15, 0.2) is 5.13 Å². The molecule has 0 aliphatic heterocycles. The first kappa shape index (κ1) is 17.6. The second-order valence-electron chi connectivity index (χ2n) is 5.16. The molecular formula is C17H14ClN3O2S2. The average molecular weight is 392 g/mol. The molecule has 0 bridgehead atoms. The van der Waals surface area contributed by atoms with Crippen molar-refractivity contribution < 1.29 is 9.59 Å². The van der Waals surface area contributed by atoms with Crippen molar-refractivity contribution >= 4 is 51.2 Å². The molecule has 3 aromatic rings. The van der Waals surface area contributed by atoms with E-state index in [1.54, 1.807) is 17.5 Å². The summed E-state index contributed by atoms with van der Waals surface area (Å²) >= 11 is 8.58. The molecule has 2 N–H and O–H groups in total. The topological polar surface area (TPSA) is 71.1 Å². The molecule has 2 amide bonds. The largest absolute Gasteiger partial charge is 0.352 e. The Labute approximate surface area is 157 Å². The minimum Gasteiger partial charge on any atom is -0.352 e. The molecular weight excluding hydrogens is 378 g/mol. The van der Waals surface area contributed by atoms with Gasteiger partial charge in [0.05, 0.1) is 17.0 Å². The van der Waals surface area contributed by atoms with Crippen LogP contribution in [0, 0.1) is 0 Å². The van der Waals surface area contributed by atoms with Crippen molar-refractivity contribution in [1.29, 1.82) is 0 Å². The van der Waals surface area contributed by atoms with E-state index in [2.05, 4.69) is 15.6 Å². The predicted octanol–water partition coefficient (Wildman–Crippen LogP) is 3.97. The molecule has 0 unspecified atom stereocenters. The third-order valence-corrected chi connectivity index (χ3v) is 5.15. The summed E-state index contributed by atoms with van der Waals surface area (Å²) in [7, 11) is 0. The van der Waals surface area contributed by atoms with Crippen LogP contribution in [-0.2, 0) is 17.8 Å². The molecule has 128 valence electrons. The Kier molecular flexibility index (Phi) is 5.80. The Balaban J connectivity index is 1.50. The second kappa shape index (κ2) is 8.24. The quantitative estimate of drug-likeness (QED) is 0.667. The zero-order chi connectivity index (χ0) is 17.6. The summed E-state index contributed by atoms with van der Waals surface area (Å²) in [5.41, 5.74) is 1.55. The van der Waals surface area contributed by atoms with Gasteiger partial charge in [-0.25, -0.2) is 4.98 Å². The number of hydrogen-bond donors (Lipinski definition) is 2. The Bertz CT molecular complexity index is 878. The standard InChI is InChI=1S/C17H14ClN3O2S2/c18-12-4-1-3-11(7-12)9-19-15(22)8-13-10-25-17(20-13)21-16(23)14-5-2-6-24-14/h1-7,10H,8-9H2,(H,19,22)(H,20,21,23). The van der Waals surface area contributed by atoms with Crippen LogP contribution in [0.2, 0.25) is 5.02 Å². The maximum atomic E-state index is 12.0. The van der Waals surface area contributed by atoms with Gasteiger partial charge in [0.1, 0.15) is 0 Å². The first-order valence-electron chi connectivity index (χ1n) is 7.40. The number of nitrogens with one attached hydrogen (secondary N) is 2. The lowest BCUT2D eigenvalue weighted by Crippen LogP contribution is -2.24. The number of rotatable bonds is 6. The summed E-state index contributed by atoms with van der Waals surface area (Å²) < 4.78 is 0. The summed E-state index contributed by atoms with van der Waals surface area (Å²) in [6.07, 6.45) is 0.159. The number of benzene rings is 1. The zero-order valence-corrected chi connectivity index (χ0v) is 15.4. The molecule has 0 atom stereocenters.